The maximum absolute atomic E-state index is 13.0. The SMILES string of the molecule is O=C(NCc1ccc(F)cc1)c1nnc(CN2CCOC(c3cccc(Br)c3)C2)s1. The van der Waals surface area contributed by atoms with Crippen LogP contribution >= 0.6 is 27.3 Å². The Morgan fingerprint density at radius 1 is 1.27 bits per heavy atom. The van der Waals surface area contributed by atoms with E-state index in [0.717, 1.165) is 33.7 Å². The molecule has 1 fully saturated rings. The van der Waals surface area contributed by atoms with Crippen molar-refractivity contribution in [1.29, 1.82) is 0 Å². The van der Waals surface area contributed by atoms with Crippen LogP contribution in [0, 0.1) is 5.82 Å². The number of hydrogen-bond acceptors (Lipinski definition) is 6. The summed E-state index contributed by atoms with van der Waals surface area (Å²) in [6.45, 7) is 3.13. The summed E-state index contributed by atoms with van der Waals surface area (Å²) in [7, 11) is 0. The molecule has 1 aliphatic rings. The number of carbonyl (C=O) groups is 1. The number of rotatable bonds is 6. The van der Waals surface area contributed by atoms with Crippen molar-refractivity contribution in [3.05, 3.63) is 80.0 Å². The fraction of sp³-hybridized carbons (Fsp3) is 0.286. The molecule has 9 heteroatoms. The summed E-state index contributed by atoms with van der Waals surface area (Å²) in [5.74, 6) is -0.582. The molecule has 30 heavy (non-hydrogen) atoms. The van der Waals surface area contributed by atoms with Gasteiger partial charge in [-0.2, -0.15) is 0 Å². The van der Waals surface area contributed by atoms with Crippen LogP contribution in [0.25, 0.3) is 0 Å². The van der Waals surface area contributed by atoms with Crippen LogP contribution in [0.5, 0.6) is 0 Å². The third-order valence-corrected chi connectivity index (χ3v) is 6.16. The number of nitrogens with one attached hydrogen (secondary N) is 1. The van der Waals surface area contributed by atoms with E-state index in [9.17, 15) is 9.18 Å². The van der Waals surface area contributed by atoms with Crippen molar-refractivity contribution in [1.82, 2.24) is 20.4 Å². The number of hydrogen-bond donors (Lipinski definition) is 1. The second kappa shape index (κ2) is 9.74. The molecule has 1 N–H and O–H groups in total. The molecule has 1 aliphatic heterocycles. The molecule has 1 aromatic heterocycles. The lowest BCUT2D eigenvalue weighted by Gasteiger charge is -2.32. The van der Waals surface area contributed by atoms with Crippen molar-refractivity contribution in [3.63, 3.8) is 0 Å². The molecule has 0 bridgehead atoms. The molecule has 3 aromatic rings. The van der Waals surface area contributed by atoms with Crippen molar-refractivity contribution in [3.8, 4) is 0 Å². The summed E-state index contributed by atoms with van der Waals surface area (Å²) in [6, 6.07) is 14.2. The molecule has 0 saturated carbocycles. The van der Waals surface area contributed by atoms with Gasteiger partial charge in [0.1, 0.15) is 10.8 Å². The smallest absolute Gasteiger partial charge is 0.282 e. The Bertz CT molecular complexity index is 1010. The minimum Gasteiger partial charge on any atom is -0.371 e. The van der Waals surface area contributed by atoms with Crippen LogP contribution in [0.1, 0.15) is 32.0 Å². The molecule has 1 amide bonds. The first-order chi connectivity index (χ1) is 14.6. The zero-order chi connectivity index (χ0) is 20.9. The van der Waals surface area contributed by atoms with Crippen LogP contribution in [-0.2, 0) is 17.8 Å². The number of ether oxygens (including phenoxy) is 1. The minimum absolute atomic E-state index is 0.00245. The molecule has 0 spiro atoms. The van der Waals surface area contributed by atoms with Crippen LogP contribution < -0.4 is 5.32 Å². The Morgan fingerprint density at radius 2 is 2.10 bits per heavy atom. The van der Waals surface area contributed by atoms with E-state index in [1.807, 2.05) is 12.1 Å². The maximum atomic E-state index is 13.0. The van der Waals surface area contributed by atoms with E-state index in [2.05, 4.69) is 48.5 Å². The van der Waals surface area contributed by atoms with Crippen molar-refractivity contribution >= 4 is 33.2 Å². The predicted molar refractivity (Wildman–Crippen MR) is 116 cm³/mol. The van der Waals surface area contributed by atoms with E-state index in [1.165, 1.54) is 23.5 Å². The monoisotopic (exact) mass is 490 g/mol. The number of morpholine rings is 1. The van der Waals surface area contributed by atoms with Gasteiger partial charge in [-0.1, -0.05) is 51.5 Å². The van der Waals surface area contributed by atoms with Gasteiger partial charge < -0.3 is 10.1 Å². The summed E-state index contributed by atoms with van der Waals surface area (Å²) in [5.41, 5.74) is 1.95. The highest BCUT2D eigenvalue weighted by Gasteiger charge is 2.23. The van der Waals surface area contributed by atoms with Gasteiger partial charge >= 0.3 is 0 Å². The first kappa shape index (κ1) is 21.0. The van der Waals surface area contributed by atoms with Crippen LogP contribution in [-0.4, -0.2) is 40.7 Å². The molecule has 0 aliphatic carbocycles. The first-order valence-electron chi connectivity index (χ1n) is 9.51. The molecule has 1 unspecified atom stereocenters. The van der Waals surface area contributed by atoms with Gasteiger partial charge in [0.25, 0.3) is 5.91 Å². The zero-order valence-electron chi connectivity index (χ0n) is 16.1. The Kier molecular flexibility index (Phi) is 6.83. The highest BCUT2D eigenvalue weighted by molar-refractivity contribution is 9.10. The van der Waals surface area contributed by atoms with Crippen molar-refractivity contribution < 1.29 is 13.9 Å². The molecule has 4 rings (SSSR count). The van der Waals surface area contributed by atoms with Gasteiger partial charge in [0.15, 0.2) is 0 Å². The fourth-order valence-corrected chi connectivity index (χ4v) is 4.43. The molecule has 2 heterocycles. The molecular weight excluding hydrogens is 471 g/mol. The summed E-state index contributed by atoms with van der Waals surface area (Å²) in [6.07, 6.45) is 0.00245. The molecular formula is C21H20BrFN4O2S. The largest absolute Gasteiger partial charge is 0.371 e. The average molecular weight is 491 g/mol. The normalized spacial score (nSPS) is 17.1. The van der Waals surface area contributed by atoms with Crippen molar-refractivity contribution in [2.45, 2.75) is 19.2 Å². The molecule has 1 atom stereocenters. The predicted octanol–water partition coefficient (Wildman–Crippen LogP) is 3.94. The summed E-state index contributed by atoms with van der Waals surface area (Å²) >= 11 is 4.79. The van der Waals surface area contributed by atoms with Crippen LogP contribution in [0.3, 0.4) is 0 Å². The highest BCUT2D eigenvalue weighted by atomic mass is 79.9. The number of benzene rings is 2. The second-order valence-corrected chi connectivity index (χ2v) is 8.94. The molecule has 0 radical (unpaired) electrons. The number of carbonyl (C=O) groups excluding carboxylic acids is 1. The van der Waals surface area contributed by atoms with Gasteiger partial charge in [0.2, 0.25) is 5.01 Å². The van der Waals surface area contributed by atoms with Gasteiger partial charge in [-0.15, -0.1) is 10.2 Å². The molecule has 156 valence electrons. The summed E-state index contributed by atoms with van der Waals surface area (Å²) in [5, 5.41) is 12.1. The fourth-order valence-electron chi connectivity index (χ4n) is 3.22. The topological polar surface area (TPSA) is 67.4 Å². The number of halogens is 2. The van der Waals surface area contributed by atoms with E-state index < -0.39 is 0 Å². The van der Waals surface area contributed by atoms with Gasteiger partial charge in [-0.25, -0.2) is 4.39 Å². The molecule has 1 saturated heterocycles. The Morgan fingerprint density at radius 3 is 2.90 bits per heavy atom. The summed E-state index contributed by atoms with van der Waals surface area (Å²) < 4.78 is 19.9. The summed E-state index contributed by atoms with van der Waals surface area (Å²) in [4.78, 5) is 14.6. The van der Waals surface area contributed by atoms with E-state index in [4.69, 9.17) is 4.74 Å². The Hall–Kier alpha value is -2.20. The lowest BCUT2D eigenvalue weighted by molar-refractivity contribution is -0.0330. The van der Waals surface area contributed by atoms with E-state index in [1.54, 1.807) is 12.1 Å². The average Bonchev–Trinajstić information content (AvgIpc) is 3.22. The number of aromatic nitrogens is 2. The third-order valence-electron chi connectivity index (χ3n) is 4.76. The van der Waals surface area contributed by atoms with Crippen LogP contribution in [0.2, 0.25) is 0 Å². The lowest BCUT2D eigenvalue weighted by Crippen LogP contribution is -2.37. The van der Waals surface area contributed by atoms with Gasteiger partial charge in [0.05, 0.1) is 19.3 Å². The van der Waals surface area contributed by atoms with Gasteiger partial charge in [0, 0.05) is 24.1 Å². The maximum Gasteiger partial charge on any atom is 0.282 e. The highest BCUT2D eigenvalue weighted by Crippen LogP contribution is 2.26. The standard InChI is InChI=1S/C21H20BrFN4O2S/c22-16-3-1-2-15(10-16)18-12-27(8-9-29-18)13-19-25-26-21(30-19)20(28)24-11-14-4-6-17(23)7-5-14/h1-7,10,18H,8-9,11-13H2,(H,24,28). The quantitative estimate of drug-likeness (QED) is 0.566. The van der Waals surface area contributed by atoms with Crippen LogP contribution in [0.4, 0.5) is 4.39 Å². The Labute approximate surface area is 186 Å². The minimum atomic E-state index is -0.302. The van der Waals surface area contributed by atoms with Crippen LogP contribution in [0.15, 0.2) is 53.0 Å². The third kappa shape index (κ3) is 5.48. The van der Waals surface area contributed by atoms with E-state index in [0.29, 0.717) is 24.7 Å². The number of nitrogens with zero attached hydrogens (tertiary/aromatic N) is 3. The lowest BCUT2D eigenvalue weighted by atomic mass is 10.1. The number of amides is 1. The molecule has 6 nitrogen and oxygen atoms in total. The van der Waals surface area contributed by atoms with Gasteiger partial charge in [-0.3, -0.25) is 9.69 Å². The van der Waals surface area contributed by atoms with Crippen molar-refractivity contribution in [2.75, 3.05) is 19.7 Å². The van der Waals surface area contributed by atoms with E-state index >= 15 is 0 Å². The van der Waals surface area contributed by atoms with Gasteiger partial charge in [-0.05, 0) is 35.4 Å². The van der Waals surface area contributed by atoms with Crippen molar-refractivity contribution in [2.24, 2.45) is 0 Å². The zero-order valence-corrected chi connectivity index (χ0v) is 18.5. The first-order valence-corrected chi connectivity index (χ1v) is 11.1. The molecule has 2 aromatic carbocycles. The van der Waals surface area contributed by atoms with E-state index in [-0.39, 0.29) is 17.8 Å². The Balaban J connectivity index is 1.32. The second-order valence-electron chi connectivity index (χ2n) is 6.96.